The molecule has 1 saturated heterocycles. The topological polar surface area (TPSA) is 26.3 Å². The third kappa shape index (κ3) is 4.45. The molecule has 2 heteroatoms. The molecule has 1 atom stereocenters. The summed E-state index contributed by atoms with van der Waals surface area (Å²) in [6.45, 7) is 2.14. The van der Waals surface area contributed by atoms with Gasteiger partial charge in [0.1, 0.15) is 6.10 Å². The van der Waals surface area contributed by atoms with Crippen LogP contribution in [-0.2, 0) is 9.53 Å². The maximum absolute atomic E-state index is 11.0. The Hall–Kier alpha value is -0.790. The fraction of sp³-hybridized carbons (Fsp3) is 0.750. The Morgan fingerprint density at radius 2 is 2.36 bits per heavy atom. The van der Waals surface area contributed by atoms with Crippen LogP contribution >= 0.6 is 0 Å². The van der Waals surface area contributed by atoms with E-state index >= 15 is 0 Å². The normalized spacial score (nSPS) is 22.6. The molecule has 0 aliphatic carbocycles. The van der Waals surface area contributed by atoms with Crippen molar-refractivity contribution in [3.05, 3.63) is 12.2 Å². The van der Waals surface area contributed by atoms with Gasteiger partial charge in [0.05, 0.1) is 0 Å². The number of carbonyl (C=O) groups is 1. The van der Waals surface area contributed by atoms with Crippen LogP contribution in [0.3, 0.4) is 0 Å². The molecule has 1 fully saturated rings. The minimum Gasteiger partial charge on any atom is -0.462 e. The van der Waals surface area contributed by atoms with Gasteiger partial charge in [0, 0.05) is 6.42 Å². The number of unbranched alkanes of at least 4 members (excludes halogenated alkanes) is 1. The molecule has 1 heterocycles. The van der Waals surface area contributed by atoms with Crippen molar-refractivity contribution in [3.63, 3.8) is 0 Å². The fourth-order valence-corrected chi connectivity index (χ4v) is 1.73. The molecule has 0 spiro atoms. The number of cyclic esters (lactones) is 1. The highest BCUT2D eigenvalue weighted by atomic mass is 16.5. The summed E-state index contributed by atoms with van der Waals surface area (Å²) in [7, 11) is 0. The first-order valence-electron chi connectivity index (χ1n) is 5.67. The largest absolute Gasteiger partial charge is 0.462 e. The summed E-state index contributed by atoms with van der Waals surface area (Å²) in [5, 5.41) is 0. The van der Waals surface area contributed by atoms with Crippen molar-refractivity contribution >= 4 is 5.97 Å². The van der Waals surface area contributed by atoms with Gasteiger partial charge in [-0.2, -0.15) is 0 Å². The molecule has 1 aliphatic heterocycles. The Morgan fingerprint density at radius 3 is 3.07 bits per heavy atom. The zero-order valence-electron chi connectivity index (χ0n) is 9.00. The van der Waals surface area contributed by atoms with Gasteiger partial charge >= 0.3 is 5.97 Å². The summed E-state index contributed by atoms with van der Waals surface area (Å²) in [5.74, 6) is -0.00893. The number of hydrogen-bond donors (Lipinski definition) is 0. The number of hydrogen-bond acceptors (Lipinski definition) is 2. The molecule has 0 saturated carbocycles. The summed E-state index contributed by atoms with van der Waals surface area (Å²) < 4.78 is 5.23. The first-order valence-corrected chi connectivity index (χ1v) is 5.67. The van der Waals surface area contributed by atoms with Gasteiger partial charge in [-0.3, -0.25) is 4.79 Å². The van der Waals surface area contributed by atoms with Crippen molar-refractivity contribution in [1.82, 2.24) is 0 Å². The third-order valence-corrected chi connectivity index (χ3v) is 2.50. The summed E-state index contributed by atoms with van der Waals surface area (Å²) in [6, 6.07) is 0. The van der Waals surface area contributed by atoms with Crippen molar-refractivity contribution in [1.29, 1.82) is 0 Å². The molecule has 0 aromatic rings. The number of rotatable bonds is 5. The van der Waals surface area contributed by atoms with E-state index in [1.807, 2.05) is 0 Å². The summed E-state index contributed by atoms with van der Waals surface area (Å²) in [5.41, 5.74) is 0. The molecular weight excluding hydrogens is 176 g/mol. The van der Waals surface area contributed by atoms with Crippen LogP contribution in [0.5, 0.6) is 0 Å². The smallest absolute Gasteiger partial charge is 0.306 e. The number of allylic oxidation sites excluding steroid dienone is 2. The van der Waals surface area contributed by atoms with E-state index < -0.39 is 0 Å². The predicted octanol–water partition coefficient (Wildman–Crippen LogP) is 3.22. The van der Waals surface area contributed by atoms with Crippen molar-refractivity contribution < 1.29 is 9.53 Å². The van der Waals surface area contributed by atoms with E-state index in [1.165, 1.54) is 0 Å². The molecule has 0 aromatic heterocycles. The van der Waals surface area contributed by atoms with Gasteiger partial charge in [0.15, 0.2) is 0 Å². The first kappa shape index (κ1) is 11.3. The zero-order valence-corrected chi connectivity index (χ0v) is 9.00. The molecule has 0 radical (unpaired) electrons. The lowest BCUT2D eigenvalue weighted by Crippen LogP contribution is -2.23. The lowest BCUT2D eigenvalue weighted by molar-refractivity contribution is -0.154. The van der Waals surface area contributed by atoms with Crippen LogP contribution in [0.1, 0.15) is 51.9 Å². The number of ether oxygens (including phenoxy) is 1. The first-order chi connectivity index (χ1) is 6.83. The molecule has 1 rings (SSSR count). The molecule has 2 nitrogen and oxygen atoms in total. The second-order valence-corrected chi connectivity index (χ2v) is 3.81. The molecule has 1 unspecified atom stereocenters. The van der Waals surface area contributed by atoms with Crippen LogP contribution in [0.15, 0.2) is 12.2 Å². The minimum atomic E-state index is -0.00893. The van der Waals surface area contributed by atoms with Gasteiger partial charge in [0.2, 0.25) is 0 Å². The van der Waals surface area contributed by atoms with Gasteiger partial charge in [-0.1, -0.05) is 19.1 Å². The lowest BCUT2D eigenvalue weighted by atomic mass is 10.0. The van der Waals surface area contributed by atoms with Gasteiger partial charge in [0.25, 0.3) is 0 Å². The molecule has 14 heavy (non-hydrogen) atoms. The number of carbonyl (C=O) groups excluding carboxylic acids is 1. The summed E-state index contributed by atoms with van der Waals surface area (Å²) in [6.07, 6.45) is 11.7. The van der Waals surface area contributed by atoms with Crippen molar-refractivity contribution in [3.8, 4) is 0 Å². The fourth-order valence-electron chi connectivity index (χ4n) is 1.73. The Balaban J connectivity index is 2.05. The van der Waals surface area contributed by atoms with Crippen LogP contribution < -0.4 is 0 Å². The van der Waals surface area contributed by atoms with Crippen molar-refractivity contribution in [2.45, 2.75) is 58.0 Å². The van der Waals surface area contributed by atoms with E-state index in [0.717, 1.165) is 38.5 Å². The minimum absolute atomic E-state index is 0.00893. The maximum Gasteiger partial charge on any atom is 0.306 e. The second kappa shape index (κ2) is 6.63. The Morgan fingerprint density at radius 1 is 1.50 bits per heavy atom. The van der Waals surface area contributed by atoms with E-state index in [2.05, 4.69) is 19.1 Å². The van der Waals surface area contributed by atoms with Crippen LogP contribution in [0.25, 0.3) is 0 Å². The lowest BCUT2D eigenvalue weighted by Gasteiger charge is -2.21. The highest BCUT2D eigenvalue weighted by Gasteiger charge is 2.19. The Bertz CT molecular complexity index is 196. The van der Waals surface area contributed by atoms with E-state index in [4.69, 9.17) is 4.74 Å². The molecule has 0 amide bonds. The molecule has 0 N–H and O–H groups in total. The van der Waals surface area contributed by atoms with Crippen molar-refractivity contribution in [2.24, 2.45) is 0 Å². The van der Waals surface area contributed by atoms with Gasteiger partial charge in [-0.15, -0.1) is 0 Å². The maximum atomic E-state index is 11.0. The van der Waals surface area contributed by atoms with Gasteiger partial charge in [-0.25, -0.2) is 0 Å². The zero-order chi connectivity index (χ0) is 10.2. The monoisotopic (exact) mass is 196 g/mol. The van der Waals surface area contributed by atoms with Crippen LogP contribution in [-0.4, -0.2) is 12.1 Å². The van der Waals surface area contributed by atoms with Crippen LogP contribution in [0.2, 0.25) is 0 Å². The van der Waals surface area contributed by atoms with Crippen LogP contribution in [0, 0.1) is 0 Å². The Labute approximate surface area is 86.3 Å². The standard InChI is InChI=1S/C12H20O2/c1-2-3-4-5-6-8-11-9-7-10-12(13)14-11/h3-4,11H,2,5-10H2,1H3/b4-3+. The quantitative estimate of drug-likeness (QED) is 0.383. The van der Waals surface area contributed by atoms with E-state index in [0.29, 0.717) is 6.42 Å². The van der Waals surface area contributed by atoms with E-state index in [1.54, 1.807) is 0 Å². The molecule has 80 valence electrons. The summed E-state index contributed by atoms with van der Waals surface area (Å²) >= 11 is 0. The van der Waals surface area contributed by atoms with E-state index in [9.17, 15) is 4.79 Å². The molecule has 0 bridgehead atoms. The average Bonchev–Trinajstić information content (AvgIpc) is 2.18. The van der Waals surface area contributed by atoms with Crippen LogP contribution in [0.4, 0.5) is 0 Å². The molecule has 1 aliphatic rings. The van der Waals surface area contributed by atoms with Gasteiger partial charge < -0.3 is 4.74 Å². The highest BCUT2D eigenvalue weighted by Crippen LogP contribution is 2.18. The number of esters is 1. The van der Waals surface area contributed by atoms with Gasteiger partial charge in [-0.05, 0) is 38.5 Å². The Kier molecular flexibility index (Phi) is 5.35. The summed E-state index contributed by atoms with van der Waals surface area (Å²) in [4.78, 5) is 11.0. The highest BCUT2D eigenvalue weighted by molar-refractivity contribution is 5.70. The predicted molar refractivity (Wildman–Crippen MR) is 57.0 cm³/mol. The average molecular weight is 196 g/mol. The van der Waals surface area contributed by atoms with E-state index in [-0.39, 0.29) is 12.1 Å². The molecule has 0 aromatic carbocycles. The SMILES string of the molecule is CC/C=C/CCCC1CCCC(=O)O1. The third-order valence-electron chi connectivity index (χ3n) is 2.50. The van der Waals surface area contributed by atoms with Crippen molar-refractivity contribution in [2.75, 3.05) is 0 Å². The second-order valence-electron chi connectivity index (χ2n) is 3.81. The molecular formula is C12H20O2.